The number of aryl methyl sites for hydroxylation is 1. The summed E-state index contributed by atoms with van der Waals surface area (Å²) in [7, 11) is 0. The van der Waals surface area contributed by atoms with Crippen molar-refractivity contribution < 1.29 is 4.74 Å². The fourth-order valence-electron chi connectivity index (χ4n) is 4.10. The van der Waals surface area contributed by atoms with Crippen molar-refractivity contribution in [1.29, 1.82) is 0 Å². The van der Waals surface area contributed by atoms with Gasteiger partial charge in [0, 0.05) is 30.1 Å². The lowest BCUT2D eigenvalue weighted by Crippen LogP contribution is -2.46. The summed E-state index contributed by atoms with van der Waals surface area (Å²) >= 11 is 0. The molecule has 0 saturated carbocycles. The van der Waals surface area contributed by atoms with E-state index in [1.165, 1.54) is 43.4 Å². The average Bonchev–Trinajstić information content (AvgIpc) is 2.57. The molecular weight excluding hydrogens is 272 g/mol. The first-order chi connectivity index (χ1) is 10.7. The summed E-state index contributed by atoms with van der Waals surface area (Å²) in [5.74, 6) is 1.46. The van der Waals surface area contributed by atoms with Gasteiger partial charge >= 0.3 is 0 Å². The van der Waals surface area contributed by atoms with E-state index in [0.717, 1.165) is 31.4 Å². The molecule has 0 aromatic heterocycles. The zero-order valence-corrected chi connectivity index (χ0v) is 14.1. The second-order valence-corrected chi connectivity index (χ2v) is 6.84. The molecule has 22 heavy (non-hydrogen) atoms. The van der Waals surface area contributed by atoms with Gasteiger partial charge in [-0.05, 0) is 37.8 Å². The molecule has 2 heterocycles. The molecule has 3 unspecified atom stereocenters. The van der Waals surface area contributed by atoms with Crippen LogP contribution in [0.3, 0.4) is 0 Å². The van der Waals surface area contributed by atoms with Crippen molar-refractivity contribution >= 4 is 0 Å². The van der Waals surface area contributed by atoms with Crippen LogP contribution in [-0.2, 0) is 6.42 Å². The number of fused-ring (bicyclic) bond motifs is 1. The summed E-state index contributed by atoms with van der Waals surface area (Å²) in [6.07, 6.45) is 6.31. The van der Waals surface area contributed by atoms with Gasteiger partial charge in [-0.25, -0.2) is 0 Å². The molecule has 1 saturated heterocycles. The van der Waals surface area contributed by atoms with Gasteiger partial charge in [0.05, 0.1) is 6.61 Å². The fourth-order valence-corrected chi connectivity index (χ4v) is 4.10. The molecule has 3 nitrogen and oxygen atoms in total. The van der Waals surface area contributed by atoms with Crippen molar-refractivity contribution in [3.05, 3.63) is 29.3 Å². The average molecular weight is 302 g/mol. The van der Waals surface area contributed by atoms with Crippen LogP contribution >= 0.6 is 0 Å². The predicted octanol–water partition coefficient (Wildman–Crippen LogP) is 3.52. The Morgan fingerprint density at radius 2 is 2.14 bits per heavy atom. The molecule has 0 amide bonds. The first-order valence-corrected chi connectivity index (χ1v) is 8.98. The lowest BCUT2D eigenvalue weighted by molar-refractivity contribution is 0.0848. The normalized spacial score (nSPS) is 29.0. The summed E-state index contributed by atoms with van der Waals surface area (Å²) in [5.41, 5.74) is 9.11. The van der Waals surface area contributed by atoms with Gasteiger partial charge in [-0.1, -0.05) is 38.5 Å². The molecule has 0 aliphatic carbocycles. The Hall–Kier alpha value is -1.06. The molecule has 0 spiro atoms. The van der Waals surface area contributed by atoms with Gasteiger partial charge in [0.2, 0.25) is 0 Å². The van der Waals surface area contributed by atoms with E-state index >= 15 is 0 Å². The molecule has 2 aliphatic rings. The Balaban J connectivity index is 1.74. The van der Waals surface area contributed by atoms with Gasteiger partial charge in [0.15, 0.2) is 0 Å². The van der Waals surface area contributed by atoms with Crippen molar-refractivity contribution in [1.82, 2.24) is 4.90 Å². The number of nitrogens with two attached hydrogens (primary N) is 1. The quantitative estimate of drug-likeness (QED) is 0.925. The van der Waals surface area contributed by atoms with Crippen LogP contribution in [0.1, 0.15) is 56.7 Å². The summed E-state index contributed by atoms with van der Waals surface area (Å²) < 4.78 is 6.13. The largest absolute Gasteiger partial charge is 0.493 e. The molecule has 1 fully saturated rings. The number of nitrogens with zero attached hydrogens (tertiary/aromatic N) is 1. The molecule has 122 valence electrons. The van der Waals surface area contributed by atoms with Crippen molar-refractivity contribution in [3.63, 3.8) is 0 Å². The molecule has 0 radical (unpaired) electrons. The molecule has 1 aromatic carbocycles. The molecule has 1 aromatic rings. The van der Waals surface area contributed by atoms with Gasteiger partial charge in [-0.3, -0.25) is 4.90 Å². The second-order valence-electron chi connectivity index (χ2n) is 6.84. The minimum absolute atomic E-state index is 0.106. The van der Waals surface area contributed by atoms with Crippen molar-refractivity contribution in [2.24, 2.45) is 11.7 Å². The number of para-hydroxylation sites is 1. The molecule has 0 bridgehead atoms. The molecule has 3 atom stereocenters. The van der Waals surface area contributed by atoms with E-state index in [1.54, 1.807) is 0 Å². The molecular formula is C19H30N2O. The third-order valence-corrected chi connectivity index (χ3v) is 5.51. The van der Waals surface area contributed by atoms with Crippen LogP contribution in [0.5, 0.6) is 5.75 Å². The van der Waals surface area contributed by atoms with Crippen LogP contribution in [0, 0.1) is 5.92 Å². The van der Waals surface area contributed by atoms with Crippen LogP contribution in [0.2, 0.25) is 0 Å². The number of ether oxygens (including phenoxy) is 1. The number of piperidine rings is 1. The monoisotopic (exact) mass is 302 g/mol. The maximum atomic E-state index is 6.61. The van der Waals surface area contributed by atoms with Gasteiger partial charge in [-0.15, -0.1) is 0 Å². The lowest BCUT2D eigenvalue weighted by Gasteiger charge is -2.40. The first kappa shape index (κ1) is 15.8. The third kappa shape index (κ3) is 3.02. The van der Waals surface area contributed by atoms with Crippen LogP contribution in [-0.4, -0.2) is 30.6 Å². The van der Waals surface area contributed by atoms with Gasteiger partial charge < -0.3 is 10.5 Å². The highest BCUT2D eigenvalue weighted by Crippen LogP contribution is 2.37. The lowest BCUT2D eigenvalue weighted by atomic mass is 9.88. The zero-order chi connectivity index (χ0) is 15.5. The van der Waals surface area contributed by atoms with E-state index in [2.05, 4.69) is 36.9 Å². The Kier molecular flexibility index (Phi) is 5.04. The van der Waals surface area contributed by atoms with Crippen molar-refractivity contribution in [2.75, 3.05) is 19.7 Å². The number of likely N-dealkylation sites (tertiary alicyclic amines) is 1. The highest BCUT2D eigenvalue weighted by molar-refractivity contribution is 5.45. The Labute approximate surface area is 134 Å². The molecule has 2 N–H and O–H groups in total. The number of rotatable bonds is 4. The maximum absolute atomic E-state index is 6.61. The topological polar surface area (TPSA) is 38.5 Å². The third-order valence-electron chi connectivity index (χ3n) is 5.51. The SMILES string of the molecule is CCc1cccc2c1OCC(CN1CCCCC1CC)C2N. The molecule has 2 aliphatic heterocycles. The number of hydrogen-bond acceptors (Lipinski definition) is 3. The first-order valence-electron chi connectivity index (χ1n) is 8.98. The summed E-state index contributed by atoms with van der Waals surface area (Å²) in [5, 5.41) is 0. The van der Waals surface area contributed by atoms with Gasteiger partial charge in [0.1, 0.15) is 5.75 Å². The maximum Gasteiger partial charge on any atom is 0.127 e. The summed E-state index contributed by atoms with van der Waals surface area (Å²) in [4.78, 5) is 2.66. The van der Waals surface area contributed by atoms with Crippen LogP contribution in [0.25, 0.3) is 0 Å². The zero-order valence-electron chi connectivity index (χ0n) is 14.1. The van der Waals surface area contributed by atoms with Gasteiger partial charge in [0.25, 0.3) is 0 Å². The van der Waals surface area contributed by atoms with E-state index in [1.807, 2.05) is 0 Å². The van der Waals surface area contributed by atoms with Crippen LogP contribution in [0.15, 0.2) is 18.2 Å². The van der Waals surface area contributed by atoms with E-state index in [-0.39, 0.29) is 6.04 Å². The molecule has 3 rings (SSSR count). The number of benzene rings is 1. The smallest absolute Gasteiger partial charge is 0.127 e. The standard InChI is InChI=1S/C19H30N2O/c1-3-14-8-7-10-17-18(20)15(13-22-19(14)17)12-21-11-6-5-9-16(21)4-2/h7-8,10,15-16,18H,3-6,9,11-13,20H2,1-2H3. The van der Waals surface area contributed by atoms with Gasteiger partial charge in [-0.2, -0.15) is 0 Å². The fraction of sp³-hybridized carbons (Fsp3) is 0.684. The van der Waals surface area contributed by atoms with Crippen LogP contribution < -0.4 is 10.5 Å². The number of hydrogen-bond donors (Lipinski definition) is 1. The Bertz CT molecular complexity index is 502. The van der Waals surface area contributed by atoms with E-state index in [0.29, 0.717) is 5.92 Å². The minimum atomic E-state index is 0.106. The predicted molar refractivity (Wildman–Crippen MR) is 91.2 cm³/mol. The van der Waals surface area contributed by atoms with E-state index in [4.69, 9.17) is 10.5 Å². The highest BCUT2D eigenvalue weighted by Gasteiger charge is 2.32. The van der Waals surface area contributed by atoms with Crippen LogP contribution in [0.4, 0.5) is 0 Å². The second kappa shape index (κ2) is 7.01. The molecule has 3 heteroatoms. The minimum Gasteiger partial charge on any atom is -0.493 e. The highest BCUT2D eigenvalue weighted by atomic mass is 16.5. The van der Waals surface area contributed by atoms with Crippen molar-refractivity contribution in [2.45, 2.75) is 58.0 Å². The van der Waals surface area contributed by atoms with E-state index in [9.17, 15) is 0 Å². The van der Waals surface area contributed by atoms with Crippen molar-refractivity contribution in [3.8, 4) is 5.75 Å². The summed E-state index contributed by atoms with van der Waals surface area (Å²) in [6.45, 7) is 7.55. The Morgan fingerprint density at radius 1 is 1.27 bits per heavy atom. The summed E-state index contributed by atoms with van der Waals surface area (Å²) in [6, 6.07) is 7.28. The Morgan fingerprint density at radius 3 is 2.91 bits per heavy atom. The van der Waals surface area contributed by atoms with E-state index < -0.39 is 0 Å².